The second kappa shape index (κ2) is 27.9. The van der Waals surface area contributed by atoms with Gasteiger partial charge in [-0.25, -0.2) is 20.0 Å². The summed E-state index contributed by atoms with van der Waals surface area (Å²) in [6, 6.07) is -10.5. The van der Waals surface area contributed by atoms with Crippen molar-refractivity contribution in [1.29, 1.82) is 0 Å². The van der Waals surface area contributed by atoms with Crippen LogP contribution in [-0.2, 0) is 57.1 Å². The van der Waals surface area contributed by atoms with Crippen LogP contribution in [0.3, 0.4) is 0 Å². The summed E-state index contributed by atoms with van der Waals surface area (Å²) in [5, 5.41) is 156. The Morgan fingerprint density at radius 3 is 1.03 bits per heavy atom. The molecule has 2 aliphatic carbocycles. The van der Waals surface area contributed by atoms with Crippen LogP contribution in [0, 0.1) is 0 Å². The van der Waals surface area contributed by atoms with E-state index in [0.29, 0.717) is 0 Å². The Labute approximate surface area is 488 Å². The van der Waals surface area contributed by atoms with Crippen molar-refractivity contribution < 1.29 is 129 Å². The number of rotatable bonds is 21. The Morgan fingerprint density at radius 1 is 0.453 bits per heavy atom. The largest absolute Gasteiger partial charge is 0.394 e. The van der Waals surface area contributed by atoms with Gasteiger partial charge in [-0.15, -0.1) is 0 Å². The van der Waals surface area contributed by atoms with Gasteiger partial charge in [0.15, 0.2) is 72.8 Å². The highest BCUT2D eigenvalue weighted by Gasteiger charge is 2.64. The monoisotopic (exact) mass is 1240 g/mol. The fourth-order valence-corrected chi connectivity index (χ4v) is 11.2. The molecule has 0 radical (unpaired) electrons. The van der Waals surface area contributed by atoms with Crippen LogP contribution in [0.15, 0.2) is 20.0 Å². The number of aldehydes is 2. The van der Waals surface area contributed by atoms with E-state index in [-0.39, 0.29) is 12.6 Å². The van der Waals surface area contributed by atoms with E-state index in [4.69, 9.17) is 83.8 Å². The molecule has 0 aromatic carbocycles. The number of aliphatic hydroxyl groups excluding tert-OH is 12. The van der Waals surface area contributed by atoms with Crippen LogP contribution < -0.4 is 45.9 Å². The molecule has 0 spiro atoms. The number of amides is 2. The van der Waals surface area contributed by atoms with E-state index in [2.05, 4.69) is 20.0 Å². The third kappa shape index (κ3) is 13.7. The van der Waals surface area contributed by atoms with Crippen molar-refractivity contribution in [3.8, 4) is 0 Å². The molecule has 4 heterocycles. The highest BCUT2D eigenvalue weighted by atomic mass is 16.8. The second-order valence-electron chi connectivity index (χ2n) is 21.6. The van der Waals surface area contributed by atoms with Gasteiger partial charge in [-0.2, -0.15) is 0 Å². The van der Waals surface area contributed by atoms with Crippen LogP contribution in [0.25, 0.3) is 0 Å². The Morgan fingerprint density at radius 2 is 0.756 bits per heavy atom. The SMILES string of the molecule is C[C@H]1O[C@@H](OC2[C@@H](N=C(N)N)C(O)C(N=C(N)N)[C@@H](O)[C@H]2O)[C@@H](O[C@@H]2OC(CO)[C@H](O)C(O)[C@@H]2N(C)C(=O)CCC(=O)N(C)C2[C@H](OC3[C@H](O[C@@H]4C(O)[C@H](O)C(N=C(N)N)C(O)[C@@H]4N=C(N)N)O[C@H](C)[C@@]3(O)C=O)OC(CO)[C@H](O)[C@@H]2O)C1(O)C=O. The van der Waals surface area contributed by atoms with Crippen molar-refractivity contribution in [3.05, 3.63) is 0 Å². The standard InChI is InChI=1S/C46H80N14O26/c1-11-45(77,9-63)35(39(79-11)83-33-19(57-43(51)52)25(69)17(55-41(47)48)27(71)31(33)75)85-37-21(29(73)23(67)13(7-61)81-37)59(3)15(65)5-6-16(66)60(4)22-30(74)24(68)14(8-62)82-38(22)86-36-40(80-12(2)46(36,78)10-64)84-34-20(58-44(53)54)26(70)18(56-42(49)50)28(72)32(34)76/h9-14,17-40,61-62,67-78H,5-8H2,1-4H3,(H4,47,48,55)(H4,49,50,56)(H4,51,52,57)(H4,53,54,58)/t11-,12-,13?,14?,17?,18?,19+,20+,21+,22?,23+,24+,25?,26?,27-,28-,29?,30-,31-,32?,33?,34+,35-,36?,37+,38+,39+,40+,45?,46+/m1/s1. The van der Waals surface area contributed by atoms with Gasteiger partial charge < -0.3 is 165 Å². The summed E-state index contributed by atoms with van der Waals surface area (Å²) in [6.07, 6.45) is -44.7. The highest BCUT2D eigenvalue weighted by molar-refractivity contribution is 5.84. The summed E-state index contributed by atoms with van der Waals surface area (Å²) < 4.78 is 47.3. The number of nitrogens with zero attached hydrogens (tertiary/aromatic N) is 6. The minimum Gasteiger partial charge on any atom is -0.394 e. The smallest absolute Gasteiger partial charge is 0.223 e. The average molecular weight is 1250 g/mol. The van der Waals surface area contributed by atoms with Gasteiger partial charge in [0, 0.05) is 26.9 Å². The maximum absolute atomic E-state index is 14.2. The van der Waals surface area contributed by atoms with Gasteiger partial charge in [0.1, 0.15) is 134 Å². The van der Waals surface area contributed by atoms with E-state index >= 15 is 0 Å². The molecule has 30 atom stereocenters. The normalized spacial score (nSPS) is 45.0. The zero-order valence-corrected chi connectivity index (χ0v) is 46.6. The Balaban J connectivity index is 1.25. The second-order valence-corrected chi connectivity index (χ2v) is 21.6. The van der Waals surface area contributed by atoms with E-state index in [1.807, 2.05) is 0 Å². The molecule has 4 saturated heterocycles. The minimum atomic E-state index is -2.75. The number of aliphatic hydroxyl groups is 14. The van der Waals surface area contributed by atoms with Crippen LogP contribution in [0.4, 0.5) is 0 Å². The van der Waals surface area contributed by atoms with Gasteiger partial charge in [0.25, 0.3) is 0 Å². The lowest BCUT2D eigenvalue weighted by Crippen LogP contribution is -2.67. The number of guanidine groups is 4. The van der Waals surface area contributed by atoms with E-state index in [9.17, 15) is 90.7 Å². The molecule has 86 heavy (non-hydrogen) atoms. The summed E-state index contributed by atoms with van der Waals surface area (Å²) in [5.74, 6) is -4.69. The average Bonchev–Trinajstić information content (AvgIpc) is 1.57. The van der Waals surface area contributed by atoms with Crippen molar-refractivity contribution in [2.75, 3.05) is 27.3 Å². The molecule has 6 fully saturated rings. The van der Waals surface area contributed by atoms with Gasteiger partial charge in [-0.05, 0) is 13.8 Å². The molecular formula is C46H80N14O26. The van der Waals surface area contributed by atoms with Crippen molar-refractivity contribution in [1.82, 2.24) is 9.80 Å². The minimum absolute atomic E-state index is 0.0271. The number of hydrogen-bond acceptors (Lipinski definition) is 30. The summed E-state index contributed by atoms with van der Waals surface area (Å²) in [7, 11) is 2.08. The topological polar surface area (TPSA) is 689 Å². The van der Waals surface area contributed by atoms with Gasteiger partial charge in [-0.1, -0.05) is 0 Å². The Bertz CT molecular complexity index is 2320. The molecule has 40 heteroatoms. The van der Waals surface area contributed by atoms with Gasteiger partial charge in [-0.3, -0.25) is 19.2 Å². The van der Waals surface area contributed by atoms with Crippen molar-refractivity contribution in [2.45, 2.75) is 209 Å². The lowest BCUT2D eigenvalue weighted by atomic mass is 9.81. The number of carbonyl (C=O) groups is 4. The molecule has 6 aliphatic rings. The molecule has 4 aliphatic heterocycles. The van der Waals surface area contributed by atoms with E-state index in [1.165, 1.54) is 13.8 Å². The quantitative estimate of drug-likeness (QED) is 0.0288. The summed E-state index contributed by atoms with van der Waals surface area (Å²) in [6.45, 7) is 0.334. The van der Waals surface area contributed by atoms with E-state index in [1.54, 1.807) is 0 Å². The molecule has 0 aromatic heterocycles. The molecule has 6 rings (SSSR count). The number of carbonyl (C=O) groups excluding carboxylic acids is 4. The molecule has 12 unspecified atom stereocenters. The van der Waals surface area contributed by atoms with Gasteiger partial charge >= 0.3 is 0 Å². The number of nitrogens with two attached hydrogens (primary N) is 8. The third-order valence-electron chi connectivity index (χ3n) is 16.2. The molecule has 30 N–H and O–H groups in total. The molecular weight excluding hydrogens is 1160 g/mol. The van der Waals surface area contributed by atoms with Crippen LogP contribution >= 0.6 is 0 Å². The molecule has 2 amide bonds. The van der Waals surface area contributed by atoms with Crippen LogP contribution in [0.1, 0.15) is 26.7 Å². The Kier molecular flexibility index (Phi) is 22.6. The van der Waals surface area contributed by atoms with Crippen molar-refractivity contribution in [3.63, 3.8) is 0 Å². The maximum Gasteiger partial charge on any atom is 0.223 e. The molecule has 2 saturated carbocycles. The molecule has 490 valence electrons. The predicted molar refractivity (Wildman–Crippen MR) is 282 cm³/mol. The zero-order valence-electron chi connectivity index (χ0n) is 46.6. The summed E-state index contributed by atoms with van der Waals surface area (Å²) >= 11 is 0. The lowest BCUT2D eigenvalue weighted by Gasteiger charge is -2.48. The van der Waals surface area contributed by atoms with Gasteiger partial charge in [0.2, 0.25) is 11.8 Å². The lowest BCUT2D eigenvalue weighted by molar-refractivity contribution is -0.322. The van der Waals surface area contributed by atoms with Gasteiger partial charge in [0.05, 0.1) is 25.4 Å². The fourth-order valence-electron chi connectivity index (χ4n) is 11.2. The fraction of sp³-hybridized carbons (Fsp3) is 0.826. The van der Waals surface area contributed by atoms with Crippen molar-refractivity contribution in [2.24, 2.45) is 65.8 Å². The Hall–Kier alpha value is -5.52. The number of ether oxygens (including phenoxy) is 8. The van der Waals surface area contributed by atoms with E-state index < -0.39 is 244 Å². The predicted octanol–water partition coefficient (Wildman–Crippen LogP) is -16.1. The third-order valence-corrected chi connectivity index (χ3v) is 16.2. The van der Waals surface area contributed by atoms with Crippen LogP contribution in [0.2, 0.25) is 0 Å². The number of hydrogen-bond donors (Lipinski definition) is 22. The first-order valence-electron chi connectivity index (χ1n) is 26.7. The molecule has 0 aromatic rings. The molecule has 0 bridgehead atoms. The van der Waals surface area contributed by atoms with Crippen LogP contribution in [0.5, 0.6) is 0 Å². The highest BCUT2D eigenvalue weighted by Crippen LogP contribution is 2.42. The first kappa shape index (κ1) is 69.6. The number of aliphatic imine (C=N–C) groups is 4. The summed E-state index contributed by atoms with van der Waals surface area (Å²) in [4.78, 5) is 70.7. The molecule has 40 nitrogen and oxygen atoms in total. The van der Waals surface area contributed by atoms with E-state index in [0.717, 1.165) is 23.9 Å². The van der Waals surface area contributed by atoms with Crippen LogP contribution in [-0.4, -0.2) is 339 Å². The zero-order chi connectivity index (χ0) is 64.5. The maximum atomic E-state index is 14.2. The first-order valence-corrected chi connectivity index (χ1v) is 26.7. The number of likely N-dealkylation sites (N-methyl/N-ethyl adjacent to an activating group) is 2. The first-order chi connectivity index (χ1) is 40.1. The van der Waals surface area contributed by atoms with Crippen molar-refractivity contribution >= 4 is 48.2 Å². The summed E-state index contributed by atoms with van der Waals surface area (Å²) in [5.41, 5.74) is 38.9.